The van der Waals surface area contributed by atoms with Crippen LogP contribution >= 0.6 is 0 Å². The molecule has 1 aliphatic rings. The molecule has 86 valence electrons. The standard InChI is InChI=1S/C15H26/c1-3-5-6-8-12-15(11-4-2)13-9-7-10-14-15/h4,6,8H,2-3,5,7,9-14H2,1H3/b8-6+. The Balaban J connectivity index is 2.44. The molecule has 0 heteroatoms. The van der Waals surface area contributed by atoms with Gasteiger partial charge in [0, 0.05) is 0 Å². The lowest BCUT2D eigenvalue weighted by Gasteiger charge is -2.35. The van der Waals surface area contributed by atoms with Gasteiger partial charge in [0.2, 0.25) is 0 Å². The molecule has 1 aliphatic carbocycles. The van der Waals surface area contributed by atoms with Crippen LogP contribution < -0.4 is 0 Å². The second-order valence-corrected chi connectivity index (χ2v) is 5.02. The Labute approximate surface area is 95.5 Å². The molecule has 0 bridgehead atoms. The normalized spacial score (nSPS) is 20.6. The highest BCUT2D eigenvalue weighted by Gasteiger charge is 2.29. The van der Waals surface area contributed by atoms with Gasteiger partial charge in [0.05, 0.1) is 0 Å². The molecule has 0 spiro atoms. The molecular formula is C15H26. The van der Waals surface area contributed by atoms with Crippen molar-refractivity contribution in [3.8, 4) is 0 Å². The molecule has 0 aromatic rings. The van der Waals surface area contributed by atoms with Gasteiger partial charge in [-0.25, -0.2) is 0 Å². The molecule has 15 heavy (non-hydrogen) atoms. The number of unbranched alkanes of at least 4 members (excludes halogenated alkanes) is 1. The Hall–Kier alpha value is -0.520. The fraction of sp³-hybridized carbons (Fsp3) is 0.733. The summed E-state index contributed by atoms with van der Waals surface area (Å²) in [6.07, 6.45) is 19.0. The van der Waals surface area contributed by atoms with Gasteiger partial charge >= 0.3 is 0 Å². The minimum atomic E-state index is 0.574. The van der Waals surface area contributed by atoms with Gasteiger partial charge in [-0.05, 0) is 37.5 Å². The van der Waals surface area contributed by atoms with E-state index >= 15 is 0 Å². The summed E-state index contributed by atoms with van der Waals surface area (Å²) in [6, 6.07) is 0. The maximum Gasteiger partial charge on any atom is -0.0229 e. The van der Waals surface area contributed by atoms with Crippen LogP contribution in [0.25, 0.3) is 0 Å². The van der Waals surface area contributed by atoms with Crippen LogP contribution in [0.2, 0.25) is 0 Å². The van der Waals surface area contributed by atoms with Crippen molar-refractivity contribution in [1.29, 1.82) is 0 Å². The van der Waals surface area contributed by atoms with Gasteiger partial charge < -0.3 is 0 Å². The largest absolute Gasteiger partial charge is 0.103 e. The summed E-state index contributed by atoms with van der Waals surface area (Å²) in [5.41, 5.74) is 0.574. The molecule has 0 unspecified atom stereocenters. The van der Waals surface area contributed by atoms with Gasteiger partial charge in [-0.3, -0.25) is 0 Å². The molecule has 0 aromatic heterocycles. The SMILES string of the molecule is C=CCC1(C/C=C/CCC)CCCCC1. The fourth-order valence-corrected chi connectivity index (χ4v) is 2.72. The summed E-state index contributed by atoms with van der Waals surface area (Å²) in [5.74, 6) is 0. The molecule has 0 radical (unpaired) electrons. The van der Waals surface area contributed by atoms with Crippen molar-refractivity contribution >= 4 is 0 Å². The Morgan fingerprint density at radius 1 is 1.07 bits per heavy atom. The monoisotopic (exact) mass is 206 g/mol. The lowest BCUT2D eigenvalue weighted by molar-refractivity contribution is 0.194. The summed E-state index contributed by atoms with van der Waals surface area (Å²) < 4.78 is 0. The smallest absolute Gasteiger partial charge is 0.0229 e. The first-order valence-corrected chi connectivity index (χ1v) is 6.59. The summed E-state index contributed by atoms with van der Waals surface area (Å²) in [5, 5.41) is 0. The van der Waals surface area contributed by atoms with Crippen LogP contribution in [-0.4, -0.2) is 0 Å². The lowest BCUT2D eigenvalue weighted by atomic mass is 9.69. The van der Waals surface area contributed by atoms with Gasteiger partial charge in [0.15, 0.2) is 0 Å². The van der Waals surface area contributed by atoms with E-state index in [0.717, 1.165) is 0 Å². The highest BCUT2D eigenvalue weighted by atomic mass is 14.3. The van der Waals surface area contributed by atoms with Crippen LogP contribution in [-0.2, 0) is 0 Å². The summed E-state index contributed by atoms with van der Waals surface area (Å²) >= 11 is 0. The first-order chi connectivity index (χ1) is 7.33. The van der Waals surface area contributed by atoms with Gasteiger partial charge in [-0.2, -0.15) is 0 Å². The highest BCUT2D eigenvalue weighted by molar-refractivity contribution is 4.95. The number of hydrogen-bond acceptors (Lipinski definition) is 0. The Bertz CT molecular complexity index is 194. The predicted molar refractivity (Wildman–Crippen MR) is 69.0 cm³/mol. The molecule has 0 heterocycles. The van der Waals surface area contributed by atoms with Gasteiger partial charge in [0.25, 0.3) is 0 Å². The van der Waals surface area contributed by atoms with Crippen LogP contribution in [0.3, 0.4) is 0 Å². The Morgan fingerprint density at radius 2 is 1.80 bits per heavy atom. The van der Waals surface area contributed by atoms with E-state index in [1.807, 2.05) is 0 Å². The van der Waals surface area contributed by atoms with Crippen molar-refractivity contribution in [3.05, 3.63) is 24.8 Å². The van der Waals surface area contributed by atoms with E-state index in [2.05, 4.69) is 31.7 Å². The van der Waals surface area contributed by atoms with Crippen molar-refractivity contribution in [2.24, 2.45) is 5.41 Å². The van der Waals surface area contributed by atoms with Crippen molar-refractivity contribution in [3.63, 3.8) is 0 Å². The van der Waals surface area contributed by atoms with E-state index in [1.54, 1.807) is 0 Å². The van der Waals surface area contributed by atoms with Crippen molar-refractivity contribution < 1.29 is 0 Å². The minimum absolute atomic E-state index is 0.574. The minimum Gasteiger partial charge on any atom is -0.103 e. The molecule has 0 N–H and O–H groups in total. The Morgan fingerprint density at radius 3 is 2.40 bits per heavy atom. The highest BCUT2D eigenvalue weighted by Crippen LogP contribution is 2.42. The average molecular weight is 206 g/mol. The third-order valence-corrected chi connectivity index (χ3v) is 3.66. The predicted octanol–water partition coefficient (Wildman–Crippen LogP) is 5.26. The summed E-state index contributed by atoms with van der Waals surface area (Å²) in [4.78, 5) is 0. The second kappa shape index (κ2) is 6.87. The van der Waals surface area contributed by atoms with E-state index < -0.39 is 0 Å². The number of hydrogen-bond donors (Lipinski definition) is 0. The van der Waals surface area contributed by atoms with E-state index in [0.29, 0.717) is 5.41 Å². The van der Waals surface area contributed by atoms with E-state index in [-0.39, 0.29) is 0 Å². The van der Waals surface area contributed by atoms with E-state index in [9.17, 15) is 0 Å². The summed E-state index contributed by atoms with van der Waals surface area (Å²) in [6.45, 7) is 6.16. The van der Waals surface area contributed by atoms with Crippen molar-refractivity contribution in [2.45, 2.75) is 64.7 Å². The topological polar surface area (TPSA) is 0 Å². The fourth-order valence-electron chi connectivity index (χ4n) is 2.72. The van der Waals surface area contributed by atoms with Crippen LogP contribution in [0.5, 0.6) is 0 Å². The molecule has 0 saturated heterocycles. The third kappa shape index (κ3) is 4.24. The second-order valence-electron chi connectivity index (χ2n) is 5.02. The first-order valence-electron chi connectivity index (χ1n) is 6.59. The average Bonchev–Trinajstić information content (AvgIpc) is 2.26. The van der Waals surface area contributed by atoms with Crippen molar-refractivity contribution in [2.75, 3.05) is 0 Å². The van der Waals surface area contributed by atoms with E-state index in [1.165, 1.54) is 57.8 Å². The molecule has 0 amide bonds. The molecular weight excluding hydrogens is 180 g/mol. The third-order valence-electron chi connectivity index (χ3n) is 3.66. The number of rotatable bonds is 6. The van der Waals surface area contributed by atoms with Crippen LogP contribution in [0.1, 0.15) is 64.7 Å². The molecule has 0 atom stereocenters. The maximum atomic E-state index is 3.92. The van der Waals surface area contributed by atoms with Gasteiger partial charge in [0.1, 0.15) is 0 Å². The lowest BCUT2D eigenvalue weighted by Crippen LogP contribution is -2.22. The van der Waals surface area contributed by atoms with Crippen LogP contribution in [0.15, 0.2) is 24.8 Å². The zero-order chi connectivity index (χ0) is 11.0. The molecule has 1 saturated carbocycles. The zero-order valence-corrected chi connectivity index (χ0v) is 10.3. The molecule has 0 aliphatic heterocycles. The molecule has 0 aromatic carbocycles. The van der Waals surface area contributed by atoms with Gasteiger partial charge in [-0.15, -0.1) is 6.58 Å². The Kier molecular flexibility index (Phi) is 5.75. The number of allylic oxidation sites excluding steroid dienone is 3. The quantitative estimate of drug-likeness (QED) is 0.520. The molecule has 1 fully saturated rings. The van der Waals surface area contributed by atoms with E-state index in [4.69, 9.17) is 0 Å². The zero-order valence-electron chi connectivity index (χ0n) is 10.3. The van der Waals surface area contributed by atoms with Crippen molar-refractivity contribution in [1.82, 2.24) is 0 Å². The molecule has 1 rings (SSSR count). The van der Waals surface area contributed by atoms with Crippen LogP contribution in [0, 0.1) is 5.41 Å². The molecule has 0 nitrogen and oxygen atoms in total. The summed E-state index contributed by atoms with van der Waals surface area (Å²) in [7, 11) is 0. The first kappa shape index (κ1) is 12.5. The van der Waals surface area contributed by atoms with Crippen LogP contribution in [0.4, 0.5) is 0 Å². The van der Waals surface area contributed by atoms with Gasteiger partial charge in [-0.1, -0.05) is 50.8 Å². The maximum absolute atomic E-state index is 3.92.